The number of amides is 1. The van der Waals surface area contributed by atoms with E-state index in [1.54, 1.807) is 41.2 Å². The fourth-order valence-corrected chi connectivity index (χ4v) is 4.06. The molecule has 0 aliphatic carbocycles. The molecule has 9 heteroatoms. The van der Waals surface area contributed by atoms with Gasteiger partial charge < -0.3 is 10.1 Å². The van der Waals surface area contributed by atoms with Crippen LogP contribution in [0.1, 0.15) is 11.6 Å². The number of thioether (sulfide) groups is 1. The maximum Gasteiger partial charge on any atom is 0.231 e. The van der Waals surface area contributed by atoms with Gasteiger partial charge in [-0.05, 0) is 35.9 Å². The number of halogens is 2. The molecule has 0 bridgehead atoms. The molecule has 0 radical (unpaired) electrons. The molecule has 1 heterocycles. The van der Waals surface area contributed by atoms with Gasteiger partial charge >= 0.3 is 0 Å². The van der Waals surface area contributed by atoms with Gasteiger partial charge in [0.2, 0.25) is 5.91 Å². The number of hydrogen-bond donors (Lipinski definition) is 1. The zero-order valence-corrected chi connectivity index (χ0v) is 19.0. The van der Waals surface area contributed by atoms with Crippen molar-refractivity contribution in [2.24, 2.45) is 0 Å². The van der Waals surface area contributed by atoms with Gasteiger partial charge in [-0.2, -0.15) is 0 Å². The lowest BCUT2D eigenvalue weighted by Crippen LogP contribution is -2.33. The second kappa shape index (κ2) is 11.0. The zero-order valence-electron chi connectivity index (χ0n) is 17.4. The molecule has 0 saturated heterocycles. The van der Waals surface area contributed by atoms with Gasteiger partial charge in [0.1, 0.15) is 12.9 Å². The lowest BCUT2D eigenvalue weighted by Gasteiger charge is -2.20. The number of carbonyl (C=O) groups excluding carboxylic acids is 1. The summed E-state index contributed by atoms with van der Waals surface area (Å²) in [5.74, 6) is -0.419. The number of hydrogen-bond acceptors (Lipinski definition) is 5. The molecule has 0 fully saturated rings. The van der Waals surface area contributed by atoms with Crippen LogP contribution in [0.15, 0.2) is 90.3 Å². The molecular weight excluding hydrogens is 463 g/mol. The van der Waals surface area contributed by atoms with Gasteiger partial charge in [-0.25, -0.2) is 4.39 Å². The third kappa shape index (κ3) is 6.12. The minimum Gasteiger partial charge on any atom is -0.488 e. The van der Waals surface area contributed by atoms with Crippen molar-refractivity contribution in [2.75, 3.05) is 12.4 Å². The molecule has 0 saturated carbocycles. The molecule has 0 aliphatic heterocycles. The van der Waals surface area contributed by atoms with Crippen LogP contribution in [0.5, 0.6) is 5.75 Å². The van der Waals surface area contributed by atoms with Crippen molar-refractivity contribution in [2.45, 2.75) is 11.2 Å². The lowest BCUT2D eigenvalue weighted by atomic mass is 10.1. The summed E-state index contributed by atoms with van der Waals surface area (Å²) in [5.41, 5.74) is 1.66. The van der Waals surface area contributed by atoms with Crippen molar-refractivity contribution >= 4 is 29.3 Å². The third-order valence-electron chi connectivity index (χ3n) is 4.71. The van der Waals surface area contributed by atoms with Crippen LogP contribution in [0, 0.1) is 5.82 Å². The molecule has 1 amide bonds. The number of nitrogens with zero attached hydrogens (tertiary/aromatic N) is 3. The number of rotatable bonds is 9. The summed E-state index contributed by atoms with van der Waals surface area (Å²) in [5, 5.41) is 12.2. The summed E-state index contributed by atoms with van der Waals surface area (Å²) >= 11 is 7.33. The van der Waals surface area contributed by atoms with Crippen molar-refractivity contribution in [1.82, 2.24) is 20.1 Å². The highest BCUT2D eigenvalue weighted by atomic mass is 35.5. The van der Waals surface area contributed by atoms with Crippen LogP contribution in [0.2, 0.25) is 5.02 Å². The first-order valence-corrected chi connectivity index (χ1v) is 11.5. The monoisotopic (exact) mass is 482 g/mol. The largest absolute Gasteiger partial charge is 0.488 e. The Hall–Kier alpha value is -3.36. The van der Waals surface area contributed by atoms with Gasteiger partial charge in [-0.1, -0.05) is 71.9 Å². The minimum atomic E-state index is -0.454. The normalized spacial score (nSPS) is 11.7. The van der Waals surface area contributed by atoms with E-state index in [2.05, 4.69) is 15.5 Å². The predicted octanol–water partition coefficient (Wildman–Crippen LogP) is 5.09. The Kier molecular flexibility index (Phi) is 7.59. The average Bonchev–Trinajstić information content (AvgIpc) is 3.31. The Morgan fingerprint density at radius 2 is 1.88 bits per heavy atom. The van der Waals surface area contributed by atoms with E-state index in [1.165, 1.54) is 17.8 Å². The van der Waals surface area contributed by atoms with E-state index in [1.807, 2.05) is 42.5 Å². The average molecular weight is 483 g/mol. The van der Waals surface area contributed by atoms with Gasteiger partial charge in [0, 0.05) is 5.02 Å². The highest BCUT2D eigenvalue weighted by molar-refractivity contribution is 7.99. The number of ether oxygens (including phenoxy) is 1. The molecule has 1 aromatic heterocycles. The van der Waals surface area contributed by atoms with E-state index < -0.39 is 11.9 Å². The summed E-state index contributed by atoms with van der Waals surface area (Å²) in [6.07, 6.45) is 1.57. The summed E-state index contributed by atoms with van der Waals surface area (Å²) in [4.78, 5) is 12.8. The van der Waals surface area contributed by atoms with Gasteiger partial charge in [0.15, 0.2) is 16.7 Å². The highest BCUT2D eigenvalue weighted by Gasteiger charge is 2.18. The number of nitrogens with one attached hydrogen (secondary N) is 1. The van der Waals surface area contributed by atoms with E-state index in [9.17, 15) is 9.18 Å². The first-order valence-electron chi connectivity index (χ1n) is 10.1. The Bertz CT molecular complexity index is 1220. The summed E-state index contributed by atoms with van der Waals surface area (Å²) in [6, 6.07) is 22.4. The number of carbonyl (C=O) groups is 1. The Morgan fingerprint density at radius 3 is 2.67 bits per heavy atom. The predicted molar refractivity (Wildman–Crippen MR) is 126 cm³/mol. The van der Waals surface area contributed by atoms with E-state index in [0.29, 0.717) is 10.2 Å². The smallest absolute Gasteiger partial charge is 0.231 e. The van der Waals surface area contributed by atoms with Crippen molar-refractivity contribution < 1.29 is 13.9 Å². The standard InChI is InChI=1S/C24H20ClFN4O2S/c25-18-9-6-10-19(13-18)30-16-27-29-24(30)33-15-23(31)28-21(17-7-2-1-3-8-17)14-32-22-12-5-4-11-20(22)26/h1-13,16,21H,14-15H2,(H,28,31). The Morgan fingerprint density at radius 1 is 1.09 bits per heavy atom. The maximum absolute atomic E-state index is 13.9. The van der Waals surface area contributed by atoms with Crippen LogP contribution < -0.4 is 10.1 Å². The second-order valence-corrected chi connectivity index (χ2v) is 8.40. The molecule has 4 aromatic rings. The van der Waals surface area contributed by atoms with Gasteiger partial charge in [-0.15, -0.1) is 10.2 Å². The SMILES string of the molecule is O=C(CSc1nncn1-c1cccc(Cl)c1)NC(COc1ccccc1F)c1ccccc1. The molecular formula is C24H20ClFN4O2S. The quantitative estimate of drug-likeness (QED) is 0.336. The summed E-state index contributed by atoms with van der Waals surface area (Å²) in [7, 11) is 0. The van der Waals surface area contributed by atoms with Crippen LogP contribution in [-0.4, -0.2) is 33.0 Å². The van der Waals surface area contributed by atoms with Crippen LogP contribution in [0.4, 0.5) is 4.39 Å². The van der Waals surface area contributed by atoms with E-state index in [-0.39, 0.29) is 24.0 Å². The summed E-state index contributed by atoms with van der Waals surface area (Å²) < 4.78 is 21.4. The molecule has 33 heavy (non-hydrogen) atoms. The Balaban J connectivity index is 1.41. The zero-order chi connectivity index (χ0) is 23.0. The Labute approximate surface area is 199 Å². The van der Waals surface area contributed by atoms with Gasteiger partial charge in [-0.3, -0.25) is 9.36 Å². The van der Waals surface area contributed by atoms with Crippen molar-refractivity contribution in [3.05, 3.63) is 102 Å². The second-order valence-electron chi connectivity index (χ2n) is 7.02. The van der Waals surface area contributed by atoms with E-state index in [4.69, 9.17) is 16.3 Å². The van der Waals surface area contributed by atoms with Crippen LogP contribution in [-0.2, 0) is 4.79 Å². The maximum atomic E-state index is 13.9. The highest BCUT2D eigenvalue weighted by Crippen LogP contribution is 2.23. The fourth-order valence-electron chi connectivity index (χ4n) is 3.13. The molecule has 4 rings (SSSR count). The van der Waals surface area contributed by atoms with Gasteiger partial charge in [0.05, 0.1) is 17.5 Å². The molecule has 1 unspecified atom stereocenters. The van der Waals surface area contributed by atoms with E-state index in [0.717, 1.165) is 11.3 Å². The minimum absolute atomic E-state index is 0.0834. The van der Waals surface area contributed by atoms with Crippen LogP contribution in [0.3, 0.4) is 0 Å². The number of benzene rings is 3. The van der Waals surface area contributed by atoms with Crippen LogP contribution in [0.25, 0.3) is 5.69 Å². The lowest BCUT2D eigenvalue weighted by molar-refractivity contribution is -0.119. The molecule has 0 spiro atoms. The molecule has 3 aromatic carbocycles. The van der Waals surface area contributed by atoms with Gasteiger partial charge in [0.25, 0.3) is 0 Å². The first kappa shape index (κ1) is 22.8. The number of aromatic nitrogens is 3. The van der Waals surface area contributed by atoms with E-state index >= 15 is 0 Å². The third-order valence-corrected chi connectivity index (χ3v) is 5.89. The molecule has 1 atom stereocenters. The summed E-state index contributed by atoms with van der Waals surface area (Å²) in [6.45, 7) is 0.0834. The molecule has 1 N–H and O–H groups in total. The number of para-hydroxylation sites is 1. The van der Waals surface area contributed by atoms with Crippen molar-refractivity contribution in [3.63, 3.8) is 0 Å². The van der Waals surface area contributed by atoms with Crippen molar-refractivity contribution in [1.29, 1.82) is 0 Å². The molecule has 6 nitrogen and oxygen atoms in total. The van der Waals surface area contributed by atoms with Crippen molar-refractivity contribution in [3.8, 4) is 11.4 Å². The molecule has 168 valence electrons. The first-order chi connectivity index (χ1) is 16.1. The van der Waals surface area contributed by atoms with Crippen LogP contribution >= 0.6 is 23.4 Å². The fraction of sp³-hybridized carbons (Fsp3) is 0.125. The molecule has 0 aliphatic rings. The topological polar surface area (TPSA) is 69.0 Å².